The molecule has 0 fully saturated rings. The van der Waals surface area contributed by atoms with Crippen LogP contribution in [0.5, 0.6) is 0 Å². The summed E-state index contributed by atoms with van der Waals surface area (Å²) >= 11 is 5.92. The number of rotatable bonds is 7. The number of nitrogens with two attached hydrogens (primary N) is 1. The van der Waals surface area contributed by atoms with Crippen LogP contribution >= 0.6 is 11.6 Å². The quantitative estimate of drug-likeness (QED) is 0.685. The van der Waals surface area contributed by atoms with Crippen LogP contribution in [0.25, 0.3) is 0 Å². The number of sulfonamides is 1. The number of carbonyl (C=O) groups excluding carboxylic acids is 1. The first-order valence-electron chi connectivity index (χ1n) is 6.15. The summed E-state index contributed by atoms with van der Waals surface area (Å²) in [6.45, 7) is 2.36. The predicted octanol–water partition coefficient (Wildman–Crippen LogP) is 0.603. The van der Waals surface area contributed by atoms with Gasteiger partial charge in [-0.25, -0.2) is 13.1 Å². The average Bonchev–Trinajstić information content (AvgIpc) is 2.42. The number of halogens is 1. The molecule has 20 heavy (non-hydrogen) atoms. The van der Waals surface area contributed by atoms with E-state index in [4.69, 9.17) is 17.3 Å². The first-order chi connectivity index (χ1) is 9.40. The monoisotopic (exact) mass is 319 g/mol. The van der Waals surface area contributed by atoms with Gasteiger partial charge in [0.25, 0.3) is 0 Å². The molecule has 8 heteroatoms. The fourth-order valence-corrected chi connectivity index (χ4v) is 3.00. The lowest BCUT2D eigenvalue weighted by molar-refractivity contribution is -0.119. The topological polar surface area (TPSA) is 101 Å². The van der Waals surface area contributed by atoms with Gasteiger partial charge in [-0.1, -0.05) is 24.6 Å². The summed E-state index contributed by atoms with van der Waals surface area (Å²) in [4.78, 5) is 11.3. The van der Waals surface area contributed by atoms with Crippen molar-refractivity contribution in [3.05, 3.63) is 28.8 Å². The molecule has 6 nitrogen and oxygen atoms in total. The minimum Gasteiger partial charge on any atom is -0.355 e. The minimum atomic E-state index is -3.82. The molecule has 0 unspecified atom stereocenters. The summed E-state index contributed by atoms with van der Waals surface area (Å²) in [5.74, 6) is -0.384. The number of benzene rings is 1. The number of hydrogen-bond donors (Lipinski definition) is 3. The molecule has 1 rings (SSSR count). The lowest BCUT2D eigenvalue weighted by Crippen LogP contribution is -2.37. The Bertz CT molecular complexity index is 575. The molecule has 0 aliphatic rings. The Morgan fingerprint density at radius 2 is 2.10 bits per heavy atom. The van der Waals surface area contributed by atoms with Gasteiger partial charge in [0, 0.05) is 13.1 Å². The van der Waals surface area contributed by atoms with Crippen LogP contribution < -0.4 is 15.8 Å². The summed E-state index contributed by atoms with van der Waals surface area (Å²) in [5.41, 5.74) is 6.18. The number of nitrogens with one attached hydrogen (secondary N) is 2. The second-order valence-electron chi connectivity index (χ2n) is 4.14. The molecule has 1 aromatic carbocycles. The van der Waals surface area contributed by atoms with Crippen LogP contribution in [-0.2, 0) is 21.4 Å². The molecule has 0 saturated carbocycles. The molecule has 1 aromatic rings. The SMILES string of the molecule is CCCNC(=O)CNS(=O)(=O)c1ccc(CN)cc1Cl. The van der Waals surface area contributed by atoms with Crippen molar-refractivity contribution in [2.45, 2.75) is 24.8 Å². The Balaban J connectivity index is 2.76. The highest BCUT2D eigenvalue weighted by Gasteiger charge is 2.18. The average molecular weight is 320 g/mol. The van der Waals surface area contributed by atoms with Gasteiger partial charge in [0.15, 0.2) is 0 Å². The molecular formula is C12H18ClN3O3S. The van der Waals surface area contributed by atoms with Crippen molar-refractivity contribution in [1.29, 1.82) is 0 Å². The summed E-state index contributed by atoms with van der Waals surface area (Å²) in [7, 11) is -3.82. The van der Waals surface area contributed by atoms with Crippen LogP contribution in [0.2, 0.25) is 5.02 Å². The summed E-state index contributed by atoms with van der Waals surface area (Å²) < 4.78 is 26.3. The van der Waals surface area contributed by atoms with Crippen LogP contribution in [0.3, 0.4) is 0 Å². The summed E-state index contributed by atoms with van der Waals surface area (Å²) in [6.07, 6.45) is 0.783. The highest BCUT2D eigenvalue weighted by molar-refractivity contribution is 7.89. The van der Waals surface area contributed by atoms with Gasteiger partial charge >= 0.3 is 0 Å². The summed E-state index contributed by atoms with van der Waals surface area (Å²) in [6, 6.07) is 4.45. The van der Waals surface area contributed by atoms with Crippen LogP contribution in [0.4, 0.5) is 0 Å². The number of hydrogen-bond acceptors (Lipinski definition) is 4. The van der Waals surface area contributed by atoms with E-state index in [1.54, 1.807) is 6.07 Å². The van der Waals surface area contributed by atoms with E-state index < -0.39 is 10.0 Å². The first-order valence-corrected chi connectivity index (χ1v) is 8.01. The smallest absolute Gasteiger partial charge is 0.242 e. The van der Waals surface area contributed by atoms with E-state index in [0.717, 1.165) is 12.0 Å². The highest BCUT2D eigenvalue weighted by atomic mass is 35.5. The van der Waals surface area contributed by atoms with Gasteiger partial charge in [-0.05, 0) is 24.1 Å². The maximum Gasteiger partial charge on any atom is 0.242 e. The molecule has 1 amide bonds. The van der Waals surface area contributed by atoms with E-state index in [1.165, 1.54) is 12.1 Å². The molecule has 0 aromatic heterocycles. The molecule has 0 spiro atoms. The minimum absolute atomic E-state index is 0.0698. The lowest BCUT2D eigenvalue weighted by Gasteiger charge is -2.09. The molecule has 4 N–H and O–H groups in total. The predicted molar refractivity (Wildman–Crippen MR) is 77.8 cm³/mol. The van der Waals surface area contributed by atoms with Gasteiger partial charge in [-0.15, -0.1) is 0 Å². The van der Waals surface area contributed by atoms with Crippen molar-refractivity contribution in [3.63, 3.8) is 0 Å². The Labute approximate surface area is 123 Å². The maximum absolute atomic E-state index is 12.0. The summed E-state index contributed by atoms with van der Waals surface area (Å²) in [5, 5.41) is 2.65. The Morgan fingerprint density at radius 3 is 2.65 bits per heavy atom. The van der Waals surface area contributed by atoms with Crippen molar-refractivity contribution >= 4 is 27.5 Å². The van der Waals surface area contributed by atoms with Gasteiger partial charge < -0.3 is 11.1 Å². The lowest BCUT2D eigenvalue weighted by atomic mass is 10.2. The zero-order valence-corrected chi connectivity index (χ0v) is 12.7. The number of amides is 1. The van der Waals surface area contributed by atoms with Gasteiger partial charge in [-0.2, -0.15) is 0 Å². The fourth-order valence-electron chi connectivity index (χ4n) is 1.45. The van der Waals surface area contributed by atoms with Crippen LogP contribution in [-0.4, -0.2) is 27.4 Å². The van der Waals surface area contributed by atoms with E-state index >= 15 is 0 Å². The van der Waals surface area contributed by atoms with Gasteiger partial charge in [0.2, 0.25) is 15.9 Å². The third kappa shape index (κ3) is 4.75. The Morgan fingerprint density at radius 1 is 1.40 bits per heavy atom. The van der Waals surface area contributed by atoms with Crippen molar-refractivity contribution in [2.24, 2.45) is 5.73 Å². The molecular weight excluding hydrogens is 302 g/mol. The van der Waals surface area contributed by atoms with E-state index in [1.807, 2.05) is 6.92 Å². The van der Waals surface area contributed by atoms with E-state index in [-0.39, 0.29) is 28.9 Å². The fraction of sp³-hybridized carbons (Fsp3) is 0.417. The normalized spacial score (nSPS) is 11.3. The van der Waals surface area contributed by atoms with Crippen molar-refractivity contribution in [1.82, 2.24) is 10.0 Å². The second kappa shape index (κ2) is 7.58. The Hall–Kier alpha value is -1.15. The van der Waals surface area contributed by atoms with E-state index in [2.05, 4.69) is 10.0 Å². The first kappa shape index (κ1) is 16.9. The molecule has 0 aliphatic carbocycles. The van der Waals surface area contributed by atoms with E-state index in [9.17, 15) is 13.2 Å². The molecule has 0 radical (unpaired) electrons. The highest BCUT2D eigenvalue weighted by Crippen LogP contribution is 2.22. The zero-order valence-electron chi connectivity index (χ0n) is 11.1. The third-order valence-corrected chi connectivity index (χ3v) is 4.40. The largest absolute Gasteiger partial charge is 0.355 e. The standard InChI is InChI=1S/C12H18ClN3O3S/c1-2-5-15-12(17)8-16-20(18,19)11-4-3-9(7-14)6-10(11)13/h3-4,6,16H,2,5,7-8,14H2,1H3,(H,15,17). The molecule has 0 atom stereocenters. The second-order valence-corrected chi connectivity index (χ2v) is 6.29. The zero-order chi connectivity index (χ0) is 15.2. The van der Waals surface area contributed by atoms with Crippen molar-refractivity contribution in [3.8, 4) is 0 Å². The van der Waals surface area contributed by atoms with Gasteiger partial charge in [0.05, 0.1) is 11.6 Å². The van der Waals surface area contributed by atoms with Gasteiger partial charge in [-0.3, -0.25) is 4.79 Å². The van der Waals surface area contributed by atoms with Crippen molar-refractivity contribution < 1.29 is 13.2 Å². The molecule has 0 bridgehead atoms. The van der Waals surface area contributed by atoms with Crippen LogP contribution in [0.1, 0.15) is 18.9 Å². The molecule has 0 heterocycles. The van der Waals surface area contributed by atoms with Gasteiger partial charge in [0.1, 0.15) is 4.90 Å². The maximum atomic E-state index is 12.0. The van der Waals surface area contributed by atoms with Crippen LogP contribution in [0, 0.1) is 0 Å². The van der Waals surface area contributed by atoms with Crippen LogP contribution in [0.15, 0.2) is 23.1 Å². The van der Waals surface area contributed by atoms with E-state index in [0.29, 0.717) is 6.54 Å². The van der Waals surface area contributed by atoms with Crippen molar-refractivity contribution in [2.75, 3.05) is 13.1 Å². The molecule has 0 aliphatic heterocycles. The molecule has 112 valence electrons. The molecule has 0 saturated heterocycles. The Kier molecular flexibility index (Phi) is 6.41. The number of carbonyl (C=O) groups is 1. The third-order valence-electron chi connectivity index (χ3n) is 2.52.